The molecule has 2 rings (SSSR count). The van der Waals surface area contributed by atoms with E-state index in [2.05, 4.69) is 5.10 Å². The van der Waals surface area contributed by atoms with Crippen LogP contribution < -0.4 is 16.0 Å². The summed E-state index contributed by atoms with van der Waals surface area (Å²) in [6.45, 7) is 2.87. The van der Waals surface area contributed by atoms with Crippen molar-refractivity contribution in [3.8, 4) is 5.75 Å². The fourth-order valence-corrected chi connectivity index (χ4v) is 1.98. The highest BCUT2D eigenvalue weighted by Crippen LogP contribution is 2.13. The smallest absolute Gasteiger partial charge is 0.266 e. The number of ether oxygens (including phenoxy) is 1. The van der Waals surface area contributed by atoms with Crippen molar-refractivity contribution in [2.75, 3.05) is 6.61 Å². The molecule has 0 aliphatic rings. The maximum Gasteiger partial charge on any atom is 0.266 e. The maximum atomic E-state index is 11.6. The largest absolute Gasteiger partial charge is 0.494 e. The van der Waals surface area contributed by atoms with Gasteiger partial charge in [-0.1, -0.05) is 24.4 Å². The van der Waals surface area contributed by atoms with E-state index in [1.54, 1.807) is 12.1 Å². The first kappa shape index (κ1) is 15.2. The number of aryl methyl sites for hydroxylation is 2. The summed E-state index contributed by atoms with van der Waals surface area (Å²) in [6, 6.07) is 10.6. The molecule has 0 saturated carbocycles. The van der Waals surface area contributed by atoms with Gasteiger partial charge in [-0.15, -0.1) is 0 Å². The molecule has 0 saturated heterocycles. The van der Waals surface area contributed by atoms with E-state index in [1.807, 2.05) is 25.1 Å². The van der Waals surface area contributed by atoms with Crippen molar-refractivity contribution >= 4 is 17.2 Å². The van der Waals surface area contributed by atoms with E-state index in [4.69, 9.17) is 22.7 Å². The van der Waals surface area contributed by atoms with Gasteiger partial charge in [0.1, 0.15) is 10.7 Å². The molecule has 21 heavy (non-hydrogen) atoms. The van der Waals surface area contributed by atoms with Crippen LogP contribution in [0, 0.1) is 6.92 Å². The van der Waals surface area contributed by atoms with E-state index in [1.165, 1.54) is 10.7 Å². The lowest BCUT2D eigenvalue weighted by Gasteiger charge is -2.08. The third-order valence-electron chi connectivity index (χ3n) is 2.90. The van der Waals surface area contributed by atoms with Crippen LogP contribution in [-0.4, -0.2) is 21.4 Å². The molecule has 5 nitrogen and oxygen atoms in total. The van der Waals surface area contributed by atoms with Crippen LogP contribution >= 0.6 is 12.2 Å². The predicted octanol–water partition coefficient (Wildman–Crippen LogP) is 1.66. The first-order valence-electron chi connectivity index (χ1n) is 6.64. The molecule has 0 unspecified atom stereocenters. The second kappa shape index (κ2) is 6.99. The summed E-state index contributed by atoms with van der Waals surface area (Å²) >= 11 is 4.92. The highest BCUT2D eigenvalue weighted by Gasteiger charge is 2.01. The summed E-state index contributed by atoms with van der Waals surface area (Å²) < 4.78 is 7.08. The lowest BCUT2D eigenvalue weighted by atomic mass is 10.2. The Balaban J connectivity index is 1.87. The molecule has 0 bridgehead atoms. The third-order valence-corrected chi connectivity index (χ3v) is 3.14. The van der Waals surface area contributed by atoms with Gasteiger partial charge in [0.15, 0.2) is 0 Å². The third kappa shape index (κ3) is 4.39. The molecule has 2 aromatic rings. The molecule has 0 spiro atoms. The van der Waals surface area contributed by atoms with Gasteiger partial charge in [-0.05, 0) is 25.1 Å². The number of rotatable bonds is 6. The molecule has 1 heterocycles. The number of benzene rings is 1. The van der Waals surface area contributed by atoms with Gasteiger partial charge in [0.25, 0.3) is 5.56 Å². The fraction of sp³-hybridized carbons (Fsp3) is 0.267. The van der Waals surface area contributed by atoms with Crippen molar-refractivity contribution in [1.29, 1.82) is 0 Å². The number of hydrogen-bond donors (Lipinski definition) is 1. The molecule has 0 radical (unpaired) electrons. The first-order chi connectivity index (χ1) is 10.1. The quantitative estimate of drug-likeness (QED) is 0.649. The number of nitrogens with zero attached hydrogens (tertiary/aromatic N) is 2. The molecule has 0 fully saturated rings. The zero-order chi connectivity index (χ0) is 15.2. The topological polar surface area (TPSA) is 70.1 Å². The number of nitrogens with two attached hydrogens (primary N) is 1. The Kier molecular flexibility index (Phi) is 5.05. The van der Waals surface area contributed by atoms with Crippen molar-refractivity contribution in [2.24, 2.45) is 5.73 Å². The second-order valence-corrected chi connectivity index (χ2v) is 5.07. The molecule has 1 aromatic carbocycles. The predicted molar refractivity (Wildman–Crippen MR) is 85.7 cm³/mol. The van der Waals surface area contributed by atoms with Gasteiger partial charge in [0, 0.05) is 24.6 Å². The highest BCUT2D eigenvalue weighted by atomic mass is 32.1. The Morgan fingerprint density at radius 3 is 2.95 bits per heavy atom. The molecule has 0 amide bonds. The van der Waals surface area contributed by atoms with Gasteiger partial charge in [-0.2, -0.15) is 5.10 Å². The van der Waals surface area contributed by atoms with Gasteiger partial charge in [-0.3, -0.25) is 4.79 Å². The summed E-state index contributed by atoms with van der Waals surface area (Å²) in [4.78, 5) is 11.9. The standard InChI is InChI=1S/C15H17N3O2S/c1-11-6-7-14(19)18(17-11)8-3-9-20-13-5-2-4-12(10-13)15(16)21/h2,4-7,10H,3,8-9H2,1H3,(H2,16,21). The van der Waals surface area contributed by atoms with Crippen LogP contribution in [0.15, 0.2) is 41.2 Å². The van der Waals surface area contributed by atoms with Crippen molar-refractivity contribution in [1.82, 2.24) is 9.78 Å². The van der Waals surface area contributed by atoms with Crippen LogP contribution in [0.5, 0.6) is 5.75 Å². The van der Waals surface area contributed by atoms with Crippen LogP contribution in [0.1, 0.15) is 17.7 Å². The van der Waals surface area contributed by atoms with Crippen molar-refractivity contribution in [3.63, 3.8) is 0 Å². The van der Waals surface area contributed by atoms with Gasteiger partial charge >= 0.3 is 0 Å². The van der Waals surface area contributed by atoms with Crippen LogP contribution in [0.3, 0.4) is 0 Å². The Hall–Kier alpha value is -2.21. The molecule has 2 N–H and O–H groups in total. The lowest BCUT2D eigenvalue weighted by Crippen LogP contribution is -2.23. The zero-order valence-electron chi connectivity index (χ0n) is 11.8. The van der Waals surface area contributed by atoms with Crippen molar-refractivity contribution in [3.05, 3.63) is 58.0 Å². The maximum absolute atomic E-state index is 11.6. The van der Waals surface area contributed by atoms with Crippen molar-refractivity contribution in [2.45, 2.75) is 19.9 Å². The normalized spacial score (nSPS) is 10.3. The van der Waals surface area contributed by atoms with E-state index >= 15 is 0 Å². The minimum atomic E-state index is -0.101. The molecule has 0 atom stereocenters. The minimum absolute atomic E-state index is 0.101. The Morgan fingerprint density at radius 2 is 2.19 bits per heavy atom. The van der Waals surface area contributed by atoms with E-state index in [0.717, 1.165) is 11.3 Å². The van der Waals surface area contributed by atoms with Crippen LogP contribution in [0.4, 0.5) is 0 Å². The summed E-state index contributed by atoms with van der Waals surface area (Å²) in [6.07, 6.45) is 0.688. The van der Waals surface area contributed by atoms with E-state index < -0.39 is 0 Å². The Labute approximate surface area is 128 Å². The summed E-state index contributed by atoms with van der Waals surface area (Å²) in [5, 5.41) is 4.17. The van der Waals surface area contributed by atoms with Crippen LogP contribution in [0.25, 0.3) is 0 Å². The molecule has 6 heteroatoms. The van der Waals surface area contributed by atoms with Gasteiger partial charge < -0.3 is 10.5 Å². The number of aromatic nitrogens is 2. The Morgan fingerprint density at radius 1 is 1.38 bits per heavy atom. The molecular weight excluding hydrogens is 286 g/mol. The lowest BCUT2D eigenvalue weighted by molar-refractivity contribution is 0.296. The van der Waals surface area contributed by atoms with Crippen LogP contribution in [0.2, 0.25) is 0 Å². The van der Waals surface area contributed by atoms with Crippen molar-refractivity contribution < 1.29 is 4.74 Å². The summed E-state index contributed by atoms with van der Waals surface area (Å²) in [5.41, 5.74) is 7.07. The summed E-state index contributed by atoms with van der Waals surface area (Å²) in [5.74, 6) is 0.713. The van der Waals surface area contributed by atoms with Crippen LogP contribution in [-0.2, 0) is 6.54 Å². The number of thiocarbonyl (C=S) groups is 1. The molecule has 0 aliphatic heterocycles. The summed E-state index contributed by atoms with van der Waals surface area (Å²) in [7, 11) is 0. The first-order valence-corrected chi connectivity index (χ1v) is 7.04. The number of hydrogen-bond acceptors (Lipinski definition) is 4. The van der Waals surface area contributed by atoms with E-state index in [-0.39, 0.29) is 5.56 Å². The average Bonchev–Trinajstić information content (AvgIpc) is 2.47. The molecular formula is C15H17N3O2S. The monoisotopic (exact) mass is 303 g/mol. The minimum Gasteiger partial charge on any atom is -0.494 e. The van der Waals surface area contributed by atoms with Gasteiger partial charge in [-0.25, -0.2) is 4.68 Å². The second-order valence-electron chi connectivity index (χ2n) is 4.63. The van der Waals surface area contributed by atoms with E-state index in [9.17, 15) is 4.79 Å². The molecule has 110 valence electrons. The SMILES string of the molecule is Cc1ccc(=O)n(CCCOc2cccc(C(N)=S)c2)n1. The molecule has 0 aliphatic carbocycles. The average molecular weight is 303 g/mol. The molecule has 1 aromatic heterocycles. The van der Waals surface area contributed by atoms with Gasteiger partial charge in [0.05, 0.1) is 12.3 Å². The Bertz CT molecular complexity index is 697. The highest BCUT2D eigenvalue weighted by molar-refractivity contribution is 7.80. The fourth-order valence-electron chi connectivity index (χ4n) is 1.85. The van der Waals surface area contributed by atoms with Gasteiger partial charge in [0.2, 0.25) is 0 Å². The van der Waals surface area contributed by atoms with E-state index in [0.29, 0.717) is 30.3 Å². The zero-order valence-corrected chi connectivity index (χ0v) is 12.6.